The average molecular weight is 230 g/mol. The van der Waals surface area contributed by atoms with E-state index in [9.17, 15) is 4.79 Å². The van der Waals surface area contributed by atoms with Crippen LogP contribution in [0.25, 0.3) is 17.0 Å². The van der Waals surface area contributed by atoms with Crippen LogP contribution in [0.5, 0.6) is 5.75 Å². The number of aromatic amines is 1. The standard InChI is InChI=1S/C13H14N2O2/c1-14-12(16)7-6-9-8-15-13-10(9)4-3-5-11(13)17-2/h3-8,15H,1-2H3,(H,14,16). The minimum atomic E-state index is -0.123. The number of likely N-dealkylation sites (N-methyl/N-ethyl adjacent to an activating group) is 1. The van der Waals surface area contributed by atoms with Crippen molar-refractivity contribution in [3.63, 3.8) is 0 Å². The Bertz CT molecular complexity index is 570. The van der Waals surface area contributed by atoms with Crippen molar-refractivity contribution < 1.29 is 9.53 Å². The first-order valence-corrected chi connectivity index (χ1v) is 5.30. The van der Waals surface area contributed by atoms with Crippen molar-refractivity contribution in [3.05, 3.63) is 36.0 Å². The van der Waals surface area contributed by atoms with E-state index < -0.39 is 0 Å². The maximum atomic E-state index is 11.1. The van der Waals surface area contributed by atoms with Crippen LogP contribution in [-0.4, -0.2) is 25.0 Å². The lowest BCUT2D eigenvalue weighted by Crippen LogP contribution is -2.13. The summed E-state index contributed by atoms with van der Waals surface area (Å²) in [5.74, 6) is 0.671. The molecule has 0 aliphatic carbocycles. The van der Waals surface area contributed by atoms with E-state index in [1.807, 2.05) is 24.4 Å². The molecule has 1 aromatic carbocycles. The number of fused-ring (bicyclic) bond motifs is 1. The van der Waals surface area contributed by atoms with E-state index in [1.54, 1.807) is 20.2 Å². The number of ether oxygens (including phenoxy) is 1. The summed E-state index contributed by atoms with van der Waals surface area (Å²) in [6, 6.07) is 5.80. The fraction of sp³-hybridized carbons (Fsp3) is 0.154. The molecule has 88 valence electrons. The van der Waals surface area contributed by atoms with Crippen LogP contribution < -0.4 is 10.1 Å². The van der Waals surface area contributed by atoms with E-state index in [0.29, 0.717) is 0 Å². The number of para-hydroxylation sites is 1. The molecule has 4 nitrogen and oxygen atoms in total. The molecule has 0 aliphatic rings. The number of nitrogens with one attached hydrogen (secondary N) is 2. The Hall–Kier alpha value is -2.23. The first-order valence-electron chi connectivity index (χ1n) is 5.30. The van der Waals surface area contributed by atoms with Gasteiger partial charge < -0.3 is 15.0 Å². The molecule has 2 N–H and O–H groups in total. The minimum Gasteiger partial charge on any atom is -0.495 e. The van der Waals surface area contributed by atoms with Gasteiger partial charge in [-0.1, -0.05) is 12.1 Å². The van der Waals surface area contributed by atoms with Gasteiger partial charge in [-0.2, -0.15) is 0 Å². The SMILES string of the molecule is CNC(=O)C=Cc1c[nH]c2c(OC)cccc12. The van der Waals surface area contributed by atoms with Gasteiger partial charge in [0.1, 0.15) is 5.75 Å². The summed E-state index contributed by atoms with van der Waals surface area (Å²) in [6.45, 7) is 0. The molecule has 0 saturated carbocycles. The smallest absolute Gasteiger partial charge is 0.243 e. The third-order valence-corrected chi connectivity index (χ3v) is 2.59. The summed E-state index contributed by atoms with van der Waals surface area (Å²) >= 11 is 0. The van der Waals surface area contributed by atoms with Crippen molar-refractivity contribution in [2.24, 2.45) is 0 Å². The summed E-state index contributed by atoms with van der Waals surface area (Å²) in [5, 5.41) is 3.57. The Morgan fingerprint density at radius 1 is 1.47 bits per heavy atom. The Morgan fingerprint density at radius 3 is 3.00 bits per heavy atom. The second kappa shape index (κ2) is 4.74. The Kier molecular flexibility index (Phi) is 3.14. The van der Waals surface area contributed by atoms with Gasteiger partial charge in [0.2, 0.25) is 5.91 Å². The van der Waals surface area contributed by atoms with E-state index in [-0.39, 0.29) is 5.91 Å². The van der Waals surface area contributed by atoms with Gasteiger partial charge in [0.15, 0.2) is 0 Å². The maximum absolute atomic E-state index is 11.1. The lowest BCUT2D eigenvalue weighted by Gasteiger charge is -2.00. The first-order chi connectivity index (χ1) is 8.26. The number of rotatable bonds is 3. The summed E-state index contributed by atoms with van der Waals surface area (Å²) in [4.78, 5) is 14.3. The molecule has 0 unspecified atom stereocenters. The van der Waals surface area contributed by atoms with Crippen molar-refractivity contribution in [1.29, 1.82) is 0 Å². The number of methoxy groups -OCH3 is 1. The van der Waals surface area contributed by atoms with Crippen LogP contribution in [0.3, 0.4) is 0 Å². The molecule has 2 rings (SSSR count). The fourth-order valence-electron chi connectivity index (χ4n) is 1.71. The highest BCUT2D eigenvalue weighted by atomic mass is 16.5. The quantitative estimate of drug-likeness (QED) is 0.792. The predicted molar refractivity (Wildman–Crippen MR) is 68.0 cm³/mol. The topological polar surface area (TPSA) is 54.1 Å². The highest BCUT2D eigenvalue weighted by Gasteiger charge is 2.05. The largest absolute Gasteiger partial charge is 0.495 e. The van der Waals surface area contributed by atoms with Crippen LogP contribution in [0.15, 0.2) is 30.5 Å². The second-order valence-corrected chi connectivity index (χ2v) is 3.57. The number of benzene rings is 1. The molecule has 0 saturated heterocycles. The predicted octanol–water partition coefficient (Wildman–Crippen LogP) is 1.94. The van der Waals surface area contributed by atoms with Crippen LogP contribution in [-0.2, 0) is 4.79 Å². The fourth-order valence-corrected chi connectivity index (χ4v) is 1.71. The molecule has 0 aliphatic heterocycles. The number of aromatic nitrogens is 1. The molecule has 1 heterocycles. The van der Waals surface area contributed by atoms with E-state index in [2.05, 4.69) is 10.3 Å². The zero-order valence-corrected chi connectivity index (χ0v) is 9.78. The summed E-state index contributed by atoms with van der Waals surface area (Å²) in [7, 11) is 3.24. The molecule has 0 bridgehead atoms. The average Bonchev–Trinajstić information content (AvgIpc) is 2.78. The Labute approximate surface area is 99.3 Å². The first kappa shape index (κ1) is 11.3. The van der Waals surface area contributed by atoms with Crippen LogP contribution in [0, 0.1) is 0 Å². The van der Waals surface area contributed by atoms with Crippen LogP contribution >= 0.6 is 0 Å². The number of H-pyrrole nitrogens is 1. The molecular weight excluding hydrogens is 216 g/mol. The van der Waals surface area contributed by atoms with Crippen molar-refractivity contribution in [2.75, 3.05) is 14.2 Å². The van der Waals surface area contributed by atoms with Gasteiger partial charge in [-0.25, -0.2) is 0 Å². The van der Waals surface area contributed by atoms with Gasteiger partial charge in [-0.05, 0) is 12.1 Å². The number of carbonyl (C=O) groups is 1. The molecule has 4 heteroatoms. The molecule has 2 aromatic rings. The van der Waals surface area contributed by atoms with Crippen molar-refractivity contribution in [1.82, 2.24) is 10.3 Å². The normalized spacial score (nSPS) is 10.9. The zero-order valence-electron chi connectivity index (χ0n) is 9.78. The Morgan fingerprint density at radius 2 is 2.29 bits per heavy atom. The van der Waals surface area contributed by atoms with Gasteiger partial charge in [0.25, 0.3) is 0 Å². The lowest BCUT2D eigenvalue weighted by atomic mass is 10.1. The Balaban J connectivity index is 2.43. The molecule has 1 amide bonds. The molecule has 0 atom stereocenters. The number of hydrogen-bond acceptors (Lipinski definition) is 2. The van der Waals surface area contributed by atoms with E-state index >= 15 is 0 Å². The van der Waals surface area contributed by atoms with Gasteiger partial charge in [-0.3, -0.25) is 4.79 Å². The number of hydrogen-bond donors (Lipinski definition) is 2. The monoisotopic (exact) mass is 230 g/mol. The van der Waals surface area contributed by atoms with E-state index in [1.165, 1.54) is 6.08 Å². The lowest BCUT2D eigenvalue weighted by molar-refractivity contribution is -0.115. The highest BCUT2D eigenvalue weighted by molar-refractivity contribution is 5.97. The van der Waals surface area contributed by atoms with Crippen molar-refractivity contribution in [3.8, 4) is 5.75 Å². The molecule has 0 radical (unpaired) electrons. The van der Waals surface area contributed by atoms with Gasteiger partial charge in [0, 0.05) is 30.3 Å². The molecule has 0 fully saturated rings. The van der Waals surface area contributed by atoms with Crippen LogP contribution in [0.1, 0.15) is 5.56 Å². The molecule has 0 spiro atoms. The minimum absolute atomic E-state index is 0.123. The highest BCUT2D eigenvalue weighted by Crippen LogP contribution is 2.27. The third kappa shape index (κ3) is 2.15. The summed E-state index contributed by atoms with van der Waals surface area (Å²) in [6.07, 6.45) is 5.13. The van der Waals surface area contributed by atoms with Gasteiger partial charge in [-0.15, -0.1) is 0 Å². The number of amides is 1. The van der Waals surface area contributed by atoms with Crippen molar-refractivity contribution >= 4 is 22.9 Å². The summed E-state index contributed by atoms with van der Waals surface area (Å²) < 4.78 is 5.25. The molecular formula is C13H14N2O2. The van der Waals surface area contributed by atoms with Gasteiger partial charge >= 0.3 is 0 Å². The van der Waals surface area contributed by atoms with E-state index in [0.717, 1.165) is 22.2 Å². The van der Waals surface area contributed by atoms with E-state index in [4.69, 9.17) is 4.74 Å². The zero-order chi connectivity index (χ0) is 12.3. The van der Waals surface area contributed by atoms with Crippen LogP contribution in [0.4, 0.5) is 0 Å². The third-order valence-electron chi connectivity index (χ3n) is 2.59. The van der Waals surface area contributed by atoms with Crippen molar-refractivity contribution in [2.45, 2.75) is 0 Å². The number of carbonyl (C=O) groups excluding carboxylic acids is 1. The maximum Gasteiger partial charge on any atom is 0.243 e. The van der Waals surface area contributed by atoms with Gasteiger partial charge in [0.05, 0.1) is 12.6 Å². The molecule has 1 aromatic heterocycles. The molecule has 17 heavy (non-hydrogen) atoms. The summed E-state index contributed by atoms with van der Waals surface area (Å²) in [5.41, 5.74) is 1.90. The van der Waals surface area contributed by atoms with Crippen LogP contribution in [0.2, 0.25) is 0 Å². The second-order valence-electron chi connectivity index (χ2n) is 3.57.